The van der Waals surface area contributed by atoms with Gasteiger partial charge in [-0.25, -0.2) is 4.79 Å². The van der Waals surface area contributed by atoms with Crippen LogP contribution in [-0.4, -0.2) is 32.8 Å². The predicted molar refractivity (Wildman–Crippen MR) is 111 cm³/mol. The number of carbonyl (C=O) groups excluding carboxylic acids is 1. The van der Waals surface area contributed by atoms with Gasteiger partial charge in [0.25, 0.3) is 0 Å². The number of aryl methyl sites for hydroxylation is 2. The molecule has 4 rings (SSSR count). The lowest BCUT2D eigenvalue weighted by Gasteiger charge is -2.13. The number of hydrogen-bond acceptors (Lipinski definition) is 7. The molecular weight excluding hydrogens is 388 g/mol. The lowest BCUT2D eigenvalue weighted by molar-refractivity contribution is 0.0598. The molecule has 8 heteroatoms. The maximum absolute atomic E-state index is 12.5. The third-order valence-electron chi connectivity index (χ3n) is 4.89. The van der Waals surface area contributed by atoms with E-state index in [2.05, 4.69) is 10.2 Å². The zero-order valence-electron chi connectivity index (χ0n) is 16.6. The number of esters is 1. The van der Waals surface area contributed by atoms with E-state index >= 15 is 0 Å². The van der Waals surface area contributed by atoms with Crippen LogP contribution in [0.2, 0.25) is 0 Å². The Hall–Kier alpha value is -3.13. The summed E-state index contributed by atoms with van der Waals surface area (Å²) in [5.41, 5.74) is 3.79. The van der Waals surface area contributed by atoms with Gasteiger partial charge in [-0.3, -0.25) is 4.98 Å². The zero-order valence-corrected chi connectivity index (χ0v) is 17.4. The second kappa shape index (κ2) is 7.71. The van der Waals surface area contributed by atoms with Crippen LogP contribution in [0.5, 0.6) is 0 Å². The van der Waals surface area contributed by atoms with Gasteiger partial charge in [0.2, 0.25) is 0 Å². The van der Waals surface area contributed by atoms with Crippen LogP contribution in [0.1, 0.15) is 27.4 Å². The normalized spacial score (nSPS) is 11.2. The minimum absolute atomic E-state index is 0.385. The molecule has 0 aliphatic rings. The van der Waals surface area contributed by atoms with Crippen molar-refractivity contribution >= 4 is 28.6 Å². The highest BCUT2D eigenvalue weighted by Gasteiger charge is 2.21. The third-order valence-corrected chi connectivity index (χ3v) is 5.92. The van der Waals surface area contributed by atoms with Crippen molar-refractivity contribution in [2.24, 2.45) is 7.05 Å². The molecule has 0 N–H and O–H groups in total. The van der Waals surface area contributed by atoms with E-state index in [0.717, 1.165) is 38.8 Å². The first-order valence-electron chi connectivity index (χ1n) is 9.04. The predicted octanol–water partition coefficient (Wildman–Crippen LogP) is 4.32. The zero-order chi connectivity index (χ0) is 20.5. The standard InChI is InChI=1S/C21H20N4O3S/c1-12-14-7-5-6-8-16(14)22-17(18(12)20(26)27-4)11-29-21-24-23-19(25(21)3)15-9-10-28-13(15)2/h5-10H,11H2,1-4H3. The van der Waals surface area contributed by atoms with Crippen molar-refractivity contribution in [2.75, 3.05) is 7.11 Å². The van der Waals surface area contributed by atoms with Gasteiger partial charge < -0.3 is 13.7 Å². The van der Waals surface area contributed by atoms with Gasteiger partial charge in [0.05, 0.1) is 35.7 Å². The number of para-hydroxylation sites is 1. The number of ether oxygens (including phenoxy) is 1. The summed E-state index contributed by atoms with van der Waals surface area (Å²) >= 11 is 1.47. The topological polar surface area (TPSA) is 83.0 Å². The molecule has 0 aliphatic heterocycles. The highest BCUT2D eigenvalue weighted by molar-refractivity contribution is 7.98. The molecule has 0 fully saturated rings. The summed E-state index contributed by atoms with van der Waals surface area (Å²) < 4.78 is 12.3. The molecule has 0 radical (unpaired) electrons. The number of methoxy groups -OCH3 is 1. The van der Waals surface area contributed by atoms with E-state index in [-0.39, 0.29) is 5.97 Å². The van der Waals surface area contributed by atoms with Crippen LogP contribution in [-0.2, 0) is 17.5 Å². The van der Waals surface area contributed by atoms with Crippen molar-refractivity contribution in [1.82, 2.24) is 19.7 Å². The molecule has 0 amide bonds. The van der Waals surface area contributed by atoms with Crippen LogP contribution in [0.3, 0.4) is 0 Å². The summed E-state index contributed by atoms with van der Waals surface area (Å²) in [6.07, 6.45) is 1.64. The van der Waals surface area contributed by atoms with Gasteiger partial charge in [0.1, 0.15) is 5.76 Å². The van der Waals surface area contributed by atoms with Crippen molar-refractivity contribution in [3.63, 3.8) is 0 Å². The van der Waals surface area contributed by atoms with Gasteiger partial charge in [-0.15, -0.1) is 10.2 Å². The summed E-state index contributed by atoms with van der Waals surface area (Å²) in [7, 11) is 3.29. The summed E-state index contributed by atoms with van der Waals surface area (Å²) in [4.78, 5) is 17.2. The van der Waals surface area contributed by atoms with Crippen LogP contribution in [0.4, 0.5) is 0 Å². The van der Waals surface area contributed by atoms with Gasteiger partial charge in [-0.05, 0) is 31.5 Å². The highest BCUT2D eigenvalue weighted by Crippen LogP contribution is 2.30. The quantitative estimate of drug-likeness (QED) is 0.359. The summed E-state index contributed by atoms with van der Waals surface area (Å²) in [5, 5.41) is 10.3. The Morgan fingerprint density at radius 1 is 1.21 bits per heavy atom. The number of benzene rings is 1. The maximum Gasteiger partial charge on any atom is 0.340 e. The number of furan rings is 1. The number of hydrogen-bond donors (Lipinski definition) is 0. The van der Waals surface area contributed by atoms with E-state index in [9.17, 15) is 4.79 Å². The number of nitrogens with zero attached hydrogens (tertiary/aromatic N) is 4. The van der Waals surface area contributed by atoms with E-state index in [1.54, 1.807) is 6.26 Å². The van der Waals surface area contributed by atoms with Gasteiger partial charge in [-0.2, -0.15) is 0 Å². The number of carbonyl (C=O) groups is 1. The van der Waals surface area contributed by atoms with Crippen LogP contribution < -0.4 is 0 Å². The Kier molecular flexibility index (Phi) is 5.10. The lowest BCUT2D eigenvalue weighted by atomic mass is 10.0. The molecule has 1 aromatic carbocycles. The minimum atomic E-state index is -0.385. The Morgan fingerprint density at radius 3 is 2.72 bits per heavy atom. The van der Waals surface area contributed by atoms with E-state index in [0.29, 0.717) is 17.0 Å². The van der Waals surface area contributed by atoms with Crippen LogP contribution in [0.15, 0.2) is 46.2 Å². The number of fused-ring (bicyclic) bond motifs is 1. The fraction of sp³-hybridized carbons (Fsp3) is 0.238. The number of pyridine rings is 1. The van der Waals surface area contributed by atoms with Crippen molar-refractivity contribution < 1.29 is 13.9 Å². The molecule has 0 atom stereocenters. The van der Waals surface area contributed by atoms with E-state index in [1.165, 1.54) is 18.9 Å². The van der Waals surface area contributed by atoms with Crippen LogP contribution in [0.25, 0.3) is 22.3 Å². The summed E-state index contributed by atoms with van der Waals surface area (Å²) in [6.45, 7) is 3.81. The Bertz CT molecular complexity index is 1210. The van der Waals surface area contributed by atoms with E-state index in [1.807, 2.05) is 55.8 Å². The first kappa shape index (κ1) is 19.2. The Balaban J connectivity index is 1.69. The smallest absolute Gasteiger partial charge is 0.340 e. The summed E-state index contributed by atoms with van der Waals surface area (Å²) in [6, 6.07) is 9.65. The molecule has 0 unspecified atom stereocenters. The molecule has 7 nitrogen and oxygen atoms in total. The molecule has 3 aromatic heterocycles. The molecule has 0 spiro atoms. The van der Waals surface area contributed by atoms with Crippen LogP contribution in [0, 0.1) is 13.8 Å². The molecule has 0 saturated carbocycles. The van der Waals surface area contributed by atoms with Gasteiger partial charge >= 0.3 is 5.97 Å². The number of aromatic nitrogens is 4. The number of rotatable bonds is 5. The molecule has 29 heavy (non-hydrogen) atoms. The second-order valence-corrected chi connectivity index (χ2v) is 7.55. The van der Waals surface area contributed by atoms with Crippen molar-refractivity contribution in [3.05, 3.63) is 59.2 Å². The SMILES string of the molecule is COC(=O)c1c(CSc2nnc(-c3ccoc3C)n2C)nc2ccccc2c1C. The monoisotopic (exact) mass is 408 g/mol. The summed E-state index contributed by atoms with van der Waals surface area (Å²) in [5.74, 6) is 1.60. The maximum atomic E-state index is 12.5. The third kappa shape index (κ3) is 3.40. The van der Waals surface area contributed by atoms with Gasteiger partial charge in [0, 0.05) is 18.2 Å². The molecule has 0 aliphatic carbocycles. The first-order chi connectivity index (χ1) is 14.0. The Labute approximate surface area is 172 Å². The average Bonchev–Trinajstić information content (AvgIpc) is 3.31. The Morgan fingerprint density at radius 2 is 2.00 bits per heavy atom. The molecule has 0 saturated heterocycles. The van der Waals surface area contributed by atoms with Crippen molar-refractivity contribution in [1.29, 1.82) is 0 Å². The minimum Gasteiger partial charge on any atom is -0.469 e. The van der Waals surface area contributed by atoms with Gasteiger partial charge in [0.15, 0.2) is 11.0 Å². The van der Waals surface area contributed by atoms with Crippen LogP contribution >= 0.6 is 11.8 Å². The van der Waals surface area contributed by atoms with E-state index < -0.39 is 0 Å². The second-order valence-electron chi connectivity index (χ2n) is 6.61. The number of thioether (sulfide) groups is 1. The lowest BCUT2D eigenvalue weighted by Crippen LogP contribution is -2.10. The fourth-order valence-corrected chi connectivity index (χ4v) is 4.20. The van der Waals surface area contributed by atoms with Gasteiger partial charge in [-0.1, -0.05) is 30.0 Å². The molecule has 3 heterocycles. The van der Waals surface area contributed by atoms with E-state index in [4.69, 9.17) is 14.1 Å². The molecule has 0 bridgehead atoms. The molecular formula is C21H20N4O3S. The first-order valence-corrected chi connectivity index (χ1v) is 10.0. The van der Waals surface area contributed by atoms with Crippen molar-refractivity contribution in [3.8, 4) is 11.4 Å². The molecule has 4 aromatic rings. The fourth-order valence-electron chi connectivity index (χ4n) is 3.34. The largest absolute Gasteiger partial charge is 0.469 e. The molecule has 148 valence electrons. The highest BCUT2D eigenvalue weighted by atomic mass is 32.2. The average molecular weight is 408 g/mol. The van der Waals surface area contributed by atoms with Crippen molar-refractivity contribution in [2.45, 2.75) is 24.8 Å².